The molecule has 0 amide bonds. The summed E-state index contributed by atoms with van der Waals surface area (Å²) in [5.74, 6) is -0.316. The van der Waals surface area contributed by atoms with E-state index in [1.165, 1.54) is 13.2 Å². The normalized spacial score (nSPS) is 15.4. The number of aliphatic imine (C=N–C) groups is 1. The predicted molar refractivity (Wildman–Crippen MR) is 100 cm³/mol. The number of aromatic nitrogens is 2. The van der Waals surface area contributed by atoms with Gasteiger partial charge in [0.1, 0.15) is 11.6 Å². The first-order valence-corrected chi connectivity index (χ1v) is 8.64. The molecular weight excluding hydrogens is 369 g/mol. The van der Waals surface area contributed by atoms with Crippen LogP contribution in [0.4, 0.5) is 4.39 Å². The van der Waals surface area contributed by atoms with Gasteiger partial charge in [0.05, 0.1) is 30.4 Å². The number of halogens is 2. The molecule has 1 aromatic heterocycles. The van der Waals surface area contributed by atoms with Gasteiger partial charge in [0, 0.05) is 16.1 Å². The maximum atomic E-state index is 14.6. The number of fused-ring (bicyclic) bond motifs is 3. The number of esters is 1. The van der Waals surface area contributed by atoms with Crippen LogP contribution in [0.15, 0.2) is 53.7 Å². The van der Waals surface area contributed by atoms with Crippen molar-refractivity contribution < 1.29 is 13.9 Å². The van der Waals surface area contributed by atoms with E-state index in [9.17, 15) is 9.18 Å². The van der Waals surface area contributed by atoms with Crippen LogP contribution in [0.25, 0.3) is 5.69 Å². The Labute approximate surface area is 160 Å². The summed E-state index contributed by atoms with van der Waals surface area (Å²) in [5.41, 5.74) is 2.50. The first-order valence-electron chi connectivity index (χ1n) is 8.26. The molecular formula is C20H15ClFN3O2. The van der Waals surface area contributed by atoms with Gasteiger partial charge in [-0.25, -0.2) is 14.2 Å². The molecule has 0 N–H and O–H groups in total. The average molecular weight is 384 g/mol. The molecule has 1 aliphatic rings. The third-order valence-electron chi connectivity index (χ3n) is 4.51. The highest BCUT2D eigenvalue weighted by atomic mass is 35.5. The minimum absolute atomic E-state index is 0.284. The summed E-state index contributed by atoms with van der Waals surface area (Å²) in [6, 6.07) is 10.6. The molecule has 2 heterocycles. The third kappa shape index (κ3) is 2.82. The van der Waals surface area contributed by atoms with Crippen molar-refractivity contribution >= 4 is 23.3 Å². The number of benzene rings is 2. The quantitative estimate of drug-likeness (QED) is 0.627. The fraction of sp³-hybridized carbons (Fsp3) is 0.150. The lowest BCUT2D eigenvalue weighted by Gasteiger charge is -2.14. The van der Waals surface area contributed by atoms with Crippen LogP contribution in [-0.4, -0.2) is 28.3 Å². The number of carbonyl (C=O) groups excluding carboxylic acids is 1. The molecule has 0 aliphatic carbocycles. The van der Waals surface area contributed by atoms with E-state index in [1.807, 2.05) is 17.6 Å². The highest BCUT2D eigenvalue weighted by Gasteiger charge is 2.32. The number of imidazole rings is 1. The van der Waals surface area contributed by atoms with Crippen LogP contribution < -0.4 is 0 Å². The summed E-state index contributed by atoms with van der Waals surface area (Å²) >= 11 is 6.22. The van der Waals surface area contributed by atoms with E-state index >= 15 is 0 Å². The molecule has 4 rings (SSSR count). The molecule has 27 heavy (non-hydrogen) atoms. The molecule has 1 aliphatic heterocycles. The summed E-state index contributed by atoms with van der Waals surface area (Å²) < 4.78 is 21.4. The number of hydrogen-bond acceptors (Lipinski definition) is 4. The highest BCUT2D eigenvalue weighted by molar-refractivity contribution is 6.31. The molecule has 0 spiro atoms. The molecule has 0 saturated heterocycles. The molecule has 2 aromatic carbocycles. The van der Waals surface area contributed by atoms with E-state index in [1.54, 1.807) is 36.5 Å². The second-order valence-corrected chi connectivity index (χ2v) is 6.55. The Kier molecular flexibility index (Phi) is 4.28. The second-order valence-electron chi connectivity index (χ2n) is 6.11. The number of aryl methyl sites for hydroxylation is 1. The van der Waals surface area contributed by atoms with Crippen LogP contribution in [0, 0.1) is 12.7 Å². The minimum atomic E-state index is -0.975. The first kappa shape index (κ1) is 17.4. The summed E-state index contributed by atoms with van der Waals surface area (Å²) in [7, 11) is 1.29. The Balaban J connectivity index is 2.09. The number of methoxy groups -OCH3 is 1. The summed E-state index contributed by atoms with van der Waals surface area (Å²) in [4.78, 5) is 21.4. The standard InChI is InChI=1S/C20H15ClFN3O2/c1-11-23-10-17-19(20(26)27-2)24-18(13-5-3-4-6-15(13)22)14-9-12(21)7-8-16(14)25(11)17/h3-10,19H,1-2H3. The summed E-state index contributed by atoms with van der Waals surface area (Å²) in [6.07, 6.45) is 1.59. The van der Waals surface area contributed by atoms with Crippen molar-refractivity contribution in [1.82, 2.24) is 9.55 Å². The monoisotopic (exact) mass is 383 g/mol. The van der Waals surface area contributed by atoms with Crippen molar-refractivity contribution in [2.45, 2.75) is 13.0 Å². The summed E-state index contributed by atoms with van der Waals surface area (Å²) in [6.45, 7) is 1.82. The molecule has 0 saturated carbocycles. The Bertz CT molecular complexity index is 1090. The maximum absolute atomic E-state index is 14.6. The molecule has 0 radical (unpaired) electrons. The van der Waals surface area contributed by atoms with Crippen molar-refractivity contribution in [3.63, 3.8) is 0 Å². The largest absolute Gasteiger partial charge is 0.467 e. The topological polar surface area (TPSA) is 56.5 Å². The van der Waals surface area contributed by atoms with Crippen LogP contribution in [0.2, 0.25) is 5.02 Å². The zero-order valence-electron chi connectivity index (χ0n) is 14.6. The van der Waals surface area contributed by atoms with E-state index in [-0.39, 0.29) is 5.56 Å². The van der Waals surface area contributed by atoms with Gasteiger partial charge in [0.2, 0.25) is 0 Å². The summed E-state index contributed by atoms with van der Waals surface area (Å²) in [5, 5.41) is 0.480. The van der Waals surface area contributed by atoms with Crippen molar-refractivity contribution in [2.24, 2.45) is 4.99 Å². The fourth-order valence-electron chi connectivity index (χ4n) is 3.28. The minimum Gasteiger partial charge on any atom is -0.467 e. The lowest BCUT2D eigenvalue weighted by Crippen LogP contribution is -2.16. The van der Waals surface area contributed by atoms with Gasteiger partial charge in [0.15, 0.2) is 6.04 Å². The zero-order chi connectivity index (χ0) is 19.1. The van der Waals surface area contributed by atoms with Gasteiger partial charge in [-0.1, -0.05) is 23.7 Å². The Morgan fingerprint density at radius 1 is 1.22 bits per heavy atom. The first-order chi connectivity index (χ1) is 13.0. The lowest BCUT2D eigenvalue weighted by molar-refractivity contribution is -0.142. The molecule has 7 heteroatoms. The number of ether oxygens (including phenoxy) is 1. The second kappa shape index (κ2) is 6.63. The van der Waals surface area contributed by atoms with E-state index in [0.29, 0.717) is 27.8 Å². The van der Waals surface area contributed by atoms with Crippen LogP contribution in [0.1, 0.15) is 28.7 Å². The Morgan fingerprint density at radius 2 is 2.00 bits per heavy atom. The van der Waals surface area contributed by atoms with Crippen LogP contribution in [0.5, 0.6) is 0 Å². The number of hydrogen-bond donors (Lipinski definition) is 0. The van der Waals surface area contributed by atoms with E-state index < -0.39 is 17.8 Å². The fourth-order valence-corrected chi connectivity index (χ4v) is 3.45. The van der Waals surface area contributed by atoms with Crippen LogP contribution in [-0.2, 0) is 9.53 Å². The van der Waals surface area contributed by atoms with Gasteiger partial charge in [-0.05, 0) is 37.3 Å². The van der Waals surface area contributed by atoms with Gasteiger partial charge in [0.25, 0.3) is 0 Å². The number of rotatable bonds is 2. The highest BCUT2D eigenvalue weighted by Crippen LogP contribution is 2.34. The Morgan fingerprint density at radius 3 is 2.74 bits per heavy atom. The Hall–Kier alpha value is -2.99. The van der Waals surface area contributed by atoms with E-state index in [4.69, 9.17) is 16.3 Å². The number of nitrogens with zero attached hydrogens (tertiary/aromatic N) is 3. The maximum Gasteiger partial charge on any atom is 0.336 e. The molecule has 1 unspecified atom stereocenters. The van der Waals surface area contributed by atoms with Gasteiger partial charge in [-0.3, -0.25) is 9.56 Å². The smallest absolute Gasteiger partial charge is 0.336 e. The molecule has 0 fully saturated rings. The average Bonchev–Trinajstić information content (AvgIpc) is 2.97. The van der Waals surface area contributed by atoms with E-state index in [0.717, 1.165) is 5.69 Å². The third-order valence-corrected chi connectivity index (χ3v) is 4.75. The molecule has 5 nitrogen and oxygen atoms in total. The SMILES string of the molecule is COC(=O)C1N=C(c2ccccc2F)c2cc(Cl)ccc2-n2c1cnc2C. The van der Waals surface area contributed by atoms with Gasteiger partial charge >= 0.3 is 5.97 Å². The van der Waals surface area contributed by atoms with E-state index in [2.05, 4.69) is 9.98 Å². The van der Waals surface area contributed by atoms with Crippen molar-refractivity contribution in [2.75, 3.05) is 7.11 Å². The number of carbonyl (C=O) groups is 1. The zero-order valence-corrected chi connectivity index (χ0v) is 15.4. The van der Waals surface area contributed by atoms with Crippen LogP contribution >= 0.6 is 11.6 Å². The van der Waals surface area contributed by atoms with Crippen molar-refractivity contribution in [3.05, 3.63) is 82.1 Å². The molecule has 0 bridgehead atoms. The predicted octanol–water partition coefficient (Wildman–Crippen LogP) is 4.04. The molecule has 3 aromatic rings. The van der Waals surface area contributed by atoms with Crippen LogP contribution in [0.3, 0.4) is 0 Å². The van der Waals surface area contributed by atoms with Gasteiger partial charge in [-0.15, -0.1) is 0 Å². The van der Waals surface area contributed by atoms with Crippen molar-refractivity contribution in [3.8, 4) is 5.69 Å². The van der Waals surface area contributed by atoms with Crippen molar-refractivity contribution in [1.29, 1.82) is 0 Å². The van der Waals surface area contributed by atoms with Gasteiger partial charge in [-0.2, -0.15) is 0 Å². The molecule has 1 atom stereocenters. The molecule has 136 valence electrons. The lowest BCUT2D eigenvalue weighted by atomic mass is 10.00. The van der Waals surface area contributed by atoms with Gasteiger partial charge < -0.3 is 4.74 Å².